The van der Waals surface area contributed by atoms with E-state index >= 15 is 0 Å². The number of fused-ring (bicyclic) bond motifs is 2. The summed E-state index contributed by atoms with van der Waals surface area (Å²) in [5.41, 5.74) is 2.11. The van der Waals surface area contributed by atoms with Crippen LogP contribution in [0.1, 0.15) is 55.5 Å². The van der Waals surface area contributed by atoms with E-state index in [9.17, 15) is 4.21 Å². The van der Waals surface area contributed by atoms with Crippen LogP contribution in [0.3, 0.4) is 0 Å². The summed E-state index contributed by atoms with van der Waals surface area (Å²) >= 11 is 7.90. The van der Waals surface area contributed by atoms with Gasteiger partial charge in [-0.05, 0) is 42.1 Å². The molecule has 0 fully saturated rings. The van der Waals surface area contributed by atoms with Crippen molar-refractivity contribution in [2.75, 3.05) is 17.9 Å². The lowest BCUT2D eigenvalue weighted by Crippen LogP contribution is -2.23. The van der Waals surface area contributed by atoms with E-state index in [1.165, 1.54) is 37.0 Å². The highest BCUT2D eigenvalue weighted by atomic mass is 35.5. The molecular formula is C19H25ClN2OS2. The van der Waals surface area contributed by atoms with Gasteiger partial charge in [0, 0.05) is 12.1 Å². The van der Waals surface area contributed by atoms with Crippen molar-refractivity contribution >= 4 is 39.6 Å². The van der Waals surface area contributed by atoms with Gasteiger partial charge in [0.05, 0.1) is 21.5 Å². The first-order chi connectivity index (χ1) is 12.1. The van der Waals surface area contributed by atoms with E-state index < -0.39 is 11.0 Å². The number of benzene rings is 1. The maximum Gasteiger partial charge on any atom is 0.153 e. The molecule has 0 saturated carbocycles. The molecule has 6 heteroatoms. The second kappa shape index (κ2) is 8.67. The number of nitrogens with zero attached hydrogens (tertiary/aromatic N) is 1. The summed E-state index contributed by atoms with van der Waals surface area (Å²) in [4.78, 5) is 2.03. The van der Waals surface area contributed by atoms with E-state index in [1.807, 2.05) is 29.6 Å². The van der Waals surface area contributed by atoms with Crippen LogP contribution in [0.5, 0.6) is 0 Å². The molecule has 1 N–H and O–H groups in total. The molecule has 25 heavy (non-hydrogen) atoms. The Kier molecular flexibility index (Phi) is 6.55. The van der Waals surface area contributed by atoms with Gasteiger partial charge in [-0.15, -0.1) is 11.3 Å². The molecular weight excluding hydrogens is 372 g/mol. The first kappa shape index (κ1) is 18.9. The lowest BCUT2D eigenvalue weighted by molar-refractivity contribution is 0.549. The van der Waals surface area contributed by atoms with Crippen LogP contribution in [0.2, 0.25) is 5.02 Å². The van der Waals surface area contributed by atoms with Crippen molar-refractivity contribution in [1.82, 2.24) is 5.32 Å². The minimum atomic E-state index is -1.24. The van der Waals surface area contributed by atoms with Crippen LogP contribution in [-0.2, 0) is 11.0 Å². The summed E-state index contributed by atoms with van der Waals surface area (Å²) in [6, 6.07) is 7.89. The van der Waals surface area contributed by atoms with Crippen LogP contribution in [-0.4, -0.2) is 17.8 Å². The number of halogens is 1. The van der Waals surface area contributed by atoms with Crippen molar-refractivity contribution in [3.05, 3.63) is 45.1 Å². The van der Waals surface area contributed by atoms with Crippen molar-refractivity contribution in [3.8, 4) is 0 Å². The van der Waals surface area contributed by atoms with Gasteiger partial charge in [0.15, 0.2) is 11.0 Å². The lowest BCUT2D eigenvalue weighted by atomic mass is 10.0. The van der Waals surface area contributed by atoms with Crippen molar-refractivity contribution in [2.24, 2.45) is 0 Å². The first-order valence-electron chi connectivity index (χ1n) is 8.89. The summed E-state index contributed by atoms with van der Waals surface area (Å²) < 4.78 is 14.8. The van der Waals surface area contributed by atoms with E-state index in [4.69, 9.17) is 11.6 Å². The van der Waals surface area contributed by atoms with Gasteiger partial charge in [-0.1, -0.05) is 50.3 Å². The third kappa shape index (κ3) is 4.11. The molecule has 3 nitrogen and oxygen atoms in total. The van der Waals surface area contributed by atoms with Crippen molar-refractivity contribution in [1.29, 1.82) is 0 Å². The zero-order valence-corrected chi connectivity index (χ0v) is 17.1. The molecule has 2 unspecified atom stereocenters. The molecule has 1 aliphatic rings. The third-order valence-corrected chi connectivity index (χ3v) is 7.26. The molecule has 2 atom stereocenters. The Labute approximate surface area is 162 Å². The minimum Gasteiger partial charge on any atom is -0.305 e. The fraction of sp³-hybridized carbons (Fsp3) is 0.474. The van der Waals surface area contributed by atoms with Crippen LogP contribution in [0, 0.1) is 0 Å². The molecule has 1 aromatic carbocycles. The molecule has 0 aliphatic carbocycles. The predicted molar refractivity (Wildman–Crippen MR) is 109 cm³/mol. The average molecular weight is 397 g/mol. The van der Waals surface area contributed by atoms with Crippen molar-refractivity contribution < 1.29 is 4.21 Å². The molecule has 136 valence electrons. The van der Waals surface area contributed by atoms with Gasteiger partial charge in [-0.2, -0.15) is 0 Å². The summed E-state index contributed by atoms with van der Waals surface area (Å²) in [6.07, 6.45) is 6.29. The van der Waals surface area contributed by atoms with Gasteiger partial charge in [-0.25, -0.2) is 4.21 Å². The first-order valence-corrected chi connectivity index (χ1v) is 11.3. The molecule has 1 aliphatic heterocycles. The molecule has 0 radical (unpaired) electrons. The number of rotatable bonds is 7. The molecule has 3 rings (SSSR count). The standard InChI is InChI=1S/C19H25ClN2OS2/c1-3-4-5-6-7-11-21-18-15-9-8-14(20)13-17(15)25(23)22(2)16-10-12-24-19(16)18/h8-10,12-13,18,21H,3-7,11H2,1-2H3. The van der Waals surface area contributed by atoms with Gasteiger partial charge in [0.1, 0.15) is 0 Å². The zero-order chi connectivity index (χ0) is 17.8. The molecule has 2 aromatic rings. The van der Waals surface area contributed by atoms with Crippen molar-refractivity contribution in [3.63, 3.8) is 0 Å². The van der Waals surface area contributed by atoms with E-state index in [0.717, 1.165) is 22.7 Å². The number of anilines is 1. The molecule has 0 saturated heterocycles. The number of hydrogen-bond acceptors (Lipinski definition) is 3. The van der Waals surface area contributed by atoms with Gasteiger partial charge < -0.3 is 5.32 Å². The van der Waals surface area contributed by atoms with Crippen LogP contribution in [0.4, 0.5) is 5.69 Å². The second-order valence-electron chi connectivity index (χ2n) is 6.40. The summed E-state index contributed by atoms with van der Waals surface area (Å²) in [5.74, 6) is 0. The highest BCUT2D eigenvalue weighted by molar-refractivity contribution is 7.86. The van der Waals surface area contributed by atoms with Crippen molar-refractivity contribution in [2.45, 2.75) is 50.0 Å². The van der Waals surface area contributed by atoms with E-state index in [2.05, 4.69) is 23.7 Å². The van der Waals surface area contributed by atoms with Gasteiger partial charge in [0.25, 0.3) is 0 Å². The Balaban J connectivity index is 1.86. The Morgan fingerprint density at radius 1 is 1.24 bits per heavy atom. The molecule has 2 heterocycles. The molecule has 0 bridgehead atoms. The number of nitrogens with one attached hydrogen (secondary N) is 1. The van der Waals surface area contributed by atoms with E-state index in [0.29, 0.717) is 5.02 Å². The average Bonchev–Trinajstić information content (AvgIpc) is 3.07. The monoisotopic (exact) mass is 396 g/mol. The third-order valence-electron chi connectivity index (χ3n) is 4.63. The Hall–Kier alpha value is -0.880. The van der Waals surface area contributed by atoms with Crippen LogP contribution < -0.4 is 9.62 Å². The normalized spacial score (nSPS) is 19.4. The largest absolute Gasteiger partial charge is 0.305 e. The quantitative estimate of drug-likeness (QED) is 0.624. The predicted octanol–water partition coefficient (Wildman–Crippen LogP) is 5.52. The molecule has 0 spiro atoms. The van der Waals surface area contributed by atoms with Gasteiger partial charge in [-0.3, -0.25) is 4.31 Å². The summed E-state index contributed by atoms with van der Waals surface area (Å²) in [6.45, 7) is 3.20. The molecule has 1 aromatic heterocycles. The second-order valence-corrected chi connectivity index (χ2v) is 9.27. The Bertz CT molecular complexity index is 747. The van der Waals surface area contributed by atoms with E-state index in [-0.39, 0.29) is 6.04 Å². The summed E-state index contributed by atoms with van der Waals surface area (Å²) in [7, 11) is 0.644. The maximum atomic E-state index is 13.0. The Morgan fingerprint density at radius 2 is 2.04 bits per heavy atom. The van der Waals surface area contributed by atoms with Crippen LogP contribution >= 0.6 is 22.9 Å². The van der Waals surface area contributed by atoms with Gasteiger partial charge in [0.2, 0.25) is 0 Å². The number of hydrogen-bond donors (Lipinski definition) is 1. The van der Waals surface area contributed by atoms with Gasteiger partial charge >= 0.3 is 0 Å². The fourth-order valence-electron chi connectivity index (χ4n) is 3.24. The van der Waals surface area contributed by atoms with E-state index in [1.54, 1.807) is 11.3 Å². The smallest absolute Gasteiger partial charge is 0.153 e. The Morgan fingerprint density at radius 3 is 2.84 bits per heavy atom. The number of thiophene rings is 1. The number of unbranched alkanes of at least 4 members (excludes halogenated alkanes) is 4. The lowest BCUT2D eigenvalue weighted by Gasteiger charge is -2.19. The summed E-state index contributed by atoms with van der Waals surface area (Å²) in [5, 5.41) is 6.41. The van der Waals surface area contributed by atoms with Crippen LogP contribution in [0.25, 0.3) is 0 Å². The zero-order valence-electron chi connectivity index (χ0n) is 14.8. The molecule has 0 amide bonds. The fourth-order valence-corrected chi connectivity index (χ4v) is 5.80. The van der Waals surface area contributed by atoms with Crippen LogP contribution in [0.15, 0.2) is 34.5 Å². The topological polar surface area (TPSA) is 32.3 Å². The SMILES string of the molecule is CCCCCCCNC1c2ccc(Cl)cc2S(=O)N(C)c2ccsc21. The minimum absolute atomic E-state index is 0.0716. The maximum absolute atomic E-state index is 13.0. The highest BCUT2D eigenvalue weighted by Gasteiger charge is 2.31. The highest BCUT2D eigenvalue weighted by Crippen LogP contribution is 2.42.